The molecule has 1 fully saturated rings. The molecule has 1 saturated heterocycles. The number of carbonyl (C=O) groups excluding carboxylic acids is 2. The molecule has 3 rings (SSSR count). The summed E-state index contributed by atoms with van der Waals surface area (Å²) >= 11 is -0.611. The Hall–Kier alpha value is -1.31. The van der Waals surface area contributed by atoms with Crippen molar-refractivity contribution in [3.8, 4) is 0 Å². The summed E-state index contributed by atoms with van der Waals surface area (Å²) in [5.74, 6) is 0.755. The van der Waals surface area contributed by atoms with Crippen LogP contribution in [0.25, 0.3) is 0 Å². The van der Waals surface area contributed by atoms with Crippen molar-refractivity contribution in [2.45, 2.75) is 84.5 Å². The van der Waals surface area contributed by atoms with Gasteiger partial charge in [0.25, 0.3) is 0 Å². The number of aliphatic hydroxyl groups excluding tert-OH is 1. The minimum Gasteiger partial charge on any atom is -0.617 e. The smallest absolute Gasteiger partial charge is 0.308 e. The van der Waals surface area contributed by atoms with Gasteiger partial charge in [-0.2, -0.15) is 0 Å². The lowest BCUT2D eigenvalue weighted by Crippen LogP contribution is -2.42. The zero-order valence-electron chi connectivity index (χ0n) is 21.0. The maximum atomic E-state index is 12.5. The lowest BCUT2D eigenvalue weighted by molar-refractivity contribution is -0.162. The number of cyclic esters (lactones) is 1. The van der Waals surface area contributed by atoms with Crippen molar-refractivity contribution < 1.29 is 28.7 Å². The number of esters is 2. The summed E-state index contributed by atoms with van der Waals surface area (Å²) in [6.45, 7) is 8.33. The van der Waals surface area contributed by atoms with Crippen LogP contribution >= 0.6 is 0 Å². The van der Waals surface area contributed by atoms with E-state index in [0.29, 0.717) is 24.2 Å². The average Bonchev–Trinajstić information content (AvgIpc) is 2.71. The molecule has 188 valence electrons. The third-order valence-electron chi connectivity index (χ3n) is 6.93. The first-order valence-corrected chi connectivity index (χ1v) is 14.2. The first kappa shape index (κ1) is 27.9. The number of rotatable bonds is 6. The number of hydrogen-bond acceptors (Lipinski definition) is 6. The number of carbonyl (C=O) groups is 2. The van der Waals surface area contributed by atoms with Crippen molar-refractivity contribution in [3.63, 3.8) is 0 Å². The van der Waals surface area contributed by atoms with Crippen molar-refractivity contribution in [3.05, 3.63) is 23.8 Å². The molecule has 0 saturated carbocycles. The third kappa shape index (κ3) is 8.45. The zero-order chi connectivity index (χ0) is 24.7. The molecule has 8 atom stereocenters. The highest BCUT2D eigenvalue weighted by atomic mass is 32.2. The van der Waals surface area contributed by atoms with Gasteiger partial charge in [0.1, 0.15) is 12.2 Å². The van der Waals surface area contributed by atoms with Crippen molar-refractivity contribution >= 4 is 23.1 Å². The van der Waals surface area contributed by atoms with E-state index in [0.717, 1.165) is 25.7 Å². The normalized spacial score (nSPS) is 34.4. The fourth-order valence-electron chi connectivity index (χ4n) is 5.07. The minimum absolute atomic E-state index is 0.0854. The molecule has 0 bridgehead atoms. The van der Waals surface area contributed by atoms with Crippen LogP contribution in [0.2, 0.25) is 0 Å². The maximum Gasteiger partial charge on any atom is 0.308 e. The van der Waals surface area contributed by atoms with E-state index in [-0.39, 0.29) is 42.4 Å². The molecule has 1 heterocycles. The predicted molar refractivity (Wildman–Crippen MR) is 131 cm³/mol. The number of ether oxygens (including phenoxy) is 2. The van der Waals surface area contributed by atoms with E-state index in [1.807, 2.05) is 13.8 Å². The summed E-state index contributed by atoms with van der Waals surface area (Å²) in [7, 11) is 0. The molecule has 33 heavy (non-hydrogen) atoms. The van der Waals surface area contributed by atoms with Crippen LogP contribution in [0, 0.1) is 29.6 Å². The second-order valence-corrected chi connectivity index (χ2v) is 11.6. The van der Waals surface area contributed by atoms with Crippen LogP contribution in [0.1, 0.15) is 66.2 Å². The molecule has 0 spiro atoms. The maximum absolute atomic E-state index is 12.5. The van der Waals surface area contributed by atoms with Crippen LogP contribution in [0.5, 0.6) is 0 Å². The molecule has 0 unspecified atom stereocenters. The lowest BCUT2D eigenvalue weighted by atomic mass is 9.65. The zero-order valence-corrected chi connectivity index (χ0v) is 21.8. The highest BCUT2D eigenvalue weighted by molar-refractivity contribution is 7.89. The molecule has 7 heteroatoms. The van der Waals surface area contributed by atoms with E-state index in [1.54, 1.807) is 12.5 Å². The first-order chi connectivity index (χ1) is 15.5. The second-order valence-electron chi connectivity index (χ2n) is 10.1. The molecule has 0 aromatic rings. The molecule has 0 aromatic carbocycles. The Morgan fingerprint density at radius 2 is 1.97 bits per heavy atom. The van der Waals surface area contributed by atoms with E-state index >= 15 is 0 Å². The molecular weight excluding hydrogens is 440 g/mol. The summed E-state index contributed by atoms with van der Waals surface area (Å²) in [6, 6.07) is 0. The van der Waals surface area contributed by atoms with Crippen LogP contribution in [0.15, 0.2) is 23.8 Å². The Kier molecular flexibility index (Phi) is 11.0. The van der Waals surface area contributed by atoms with Gasteiger partial charge in [-0.3, -0.25) is 9.59 Å². The van der Waals surface area contributed by atoms with Crippen molar-refractivity contribution in [1.29, 1.82) is 0 Å². The highest BCUT2D eigenvalue weighted by Gasteiger charge is 2.42. The average molecular weight is 483 g/mol. The molecule has 0 radical (unpaired) electrons. The molecular formula is C26H42O6S. The number of aliphatic hydroxyl groups is 1. The largest absolute Gasteiger partial charge is 0.617 e. The minimum atomic E-state index is -0.611. The van der Waals surface area contributed by atoms with Gasteiger partial charge in [-0.05, 0) is 49.0 Å². The van der Waals surface area contributed by atoms with Gasteiger partial charge in [-0.1, -0.05) is 57.1 Å². The van der Waals surface area contributed by atoms with E-state index < -0.39 is 17.3 Å². The van der Waals surface area contributed by atoms with Gasteiger partial charge in [-0.15, -0.1) is 0 Å². The van der Waals surface area contributed by atoms with Crippen LogP contribution < -0.4 is 0 Å². The molecule has 6 nitrogen and oxygen atoms in total. The van der Waals surface area contributed by atoms with E-state index in [1.165, 1.54) is 5.57 Å². The van der Waals surface area contributed by atoms with Crippen LogP contribution in [-0.4, -0.2) is 52.4 Å². The number of fused-ring (bicyclic) bond motifs is 1. The number of allylic oxidation sites excluding steroid dienone is 3. The SMILES string of the molecule is CC[C@H](C)C(=O)O[C@H]1C[C@@H](C)C=C2C=C[C@H](C)[C@H](CC[C@@H]3C[C@@H](O)CC(=O)O3)[C@H]21.C[S+](C)[O-]. The quantitative estimate of drug-likeness (QED) is 0.450. The Morgan fingerprint density at radius 1 is 1.30 bits per heavy atom. The van der Waals surface area contributed by atoms with E-state index in [2.05, 4.69) is 32.1 Å². The van der Waals surface area contributed by atoms with E-state index in [4.69, 9.17) is 9.47 Å². The summed E-state index contributed by atoms with van der Waals surface area (Å²) in [6.07, 6.45) is 13.0. The van der Waals surface area contributed by atoms with Crippen molar-refractivity contribution in [2.24, 2.45) is 29.6 Å². The Balaban J connectivity index is 0.000000890. The van der Waals surface area contributed by atoms with Gasteiger partial charge in [0.05, 0.1) is 31.0 Å². The molecule has 1 aliphatic heterocycles. The lowest BCUT2D eigenvalue weighted by Gasteiger charge is -2.43. The van der Waals surface area contributed by atoms with Crippen molar-refractivity contribution in [2.75, 3.05) is 12.5 Å². The fourth-order valence-corrected chi connectivity index (χ4v) is 5.07. The molecule has 0 amide bonds. The summed E-state index contributed by atoms with van der Waals surface area (Å²) in [5, 5.41) is 9.89. The number of hydrogen-bond donors (Lipinski definition) is 1. The Morgan fingerprint density at radius 3 is 2.58 bits per heavy atom. The summed E-state index contributed by atoms with van der Waals surface area (Å²) in [4.78, 5) is 24.2. The second kappa shape index (κ2) is 13.0. The van der Waals surface area contributed by atoms with Crippen LogP contribution in [0.4, 0.5) is 0 Å². The Labute approximate surface area is 202 Å². The molecule has 3 aliphatic rings. The summed E-state index contributed by atoms with van der Waals surface area (Å²) in [5.41, 5.74) is 1.27. The van der Waals surface area contributed by atoms with Crippen LogP contribution in [0.3, 0.4) is 0 Å². The third-order valence-corrected chi connectivity index (χ3v) is 6.93. The van der Waals surface area contributed by atoms with Crippen LogP contribution in [-0.2, 0) is 30.2 Å². The standard InChI is InChI=1S/C24H36O5.C2H6OS/c1-5-15(3)24(27)29-21-11-14(2)10-17-7-6-16(4)20(23(17)21)9-8-19-12-18(25)13-22(26)28-19;1-4(2)3/h6-7,10,14-16,18-21,23,25H,5,8-9,11-13H2,1-4H3;1-2H3/t14-,15-,16-,18+,19+,20-,21-,23-;/m0./s1. The van der Waals surface area contributed by atoms with Gasteiger partial charge in [-0.25, -0.2) is 0 Å². The molecule has 1 N–H and O–H groups in total. The molecule has 0 aromatic heterocycles. The molecule has 2 aliphatic carbocycles. The van der Waals surface area contributed by atoms with E-state index in [9.17, 15) is 19.2 Å². The van der Waals surface area contributed by atoms with Crippen molar-refractivity contribution in [1.82, 2.24) is 0 Å². The van der Waals surface area contributed by atoms with Gasteiger partial charge in [0, 0.05) is 12.3 Å². The van der Waals surface area contributed by atoms with Gasteiger partial charge < -0.3 is 19.1 Å². The summed E-state index contributed by atoms with van der Waals surface area (Å²) < 4.78 is 21.1. The van der Waals surface area contributed by atoms with Gasteiger partial charge >= 0.3 is 11.9 Å². The predicted octanol–water partition coefficient (Wildman–Crippen LogP) is 4.19. The Bertz CT molecular complexity index is 715. The highest BCUT2D eigenvalue weighted by Crippen LogP contribution is 2.45. The first-order valence-electron chi connectivity index (χ1n) is 12.2. The fraction of sp³-hybridized carbons (Fsp3) is 0.769. The monoisotopic (exact) mass is 482 g/mol. The van der Waals surface area contributed by atoms with Gasteiger partial charge in [0.15, 0.2) is 0 Å². The van der Waals surface area contributed by atoms with Gasteiger partial charge in [0.2, 0.25) is 0 Å². The topological polar surface area (TPSA) is 95.9 Å².